The average Bonchev–Trinajstić information content (AvgIpc) is 2.58. The van der Waals surface area contributed by atoms with Crippen molar-refractivity contribution < 1.29 is 4.42 Å². The first-order chi connectivity index (χ1) is 7.58. The van der Waals surface area contributed by atoms with Crippen molar-refractivity contribution in [2.24, 2.45) is 0 Å². The molecule has 0 spiro atoms. The fourth-order valence-corrected chi connectivity index (χ4v) is 2.69. The van der Waals surface area contributed by atoms with Crippen LogP contribution in [0.4, 0.5) is 0 Å². The Balaban J connectivity index is 2.37. The molecule has 3 rings (SSSR count). The van der Waals surface area contributed by atoms with Gasteiger partial charge in [-0.15, -0.1) is 0 Å². The summed E-state index contributed by atoms with van der Waals surface area (Å²) in [5, 5.41) is 0. The van der Waals surface area contributed by atoms with E-state index in [1.807, 2.05) is 6.07 Å². The predicted molar refractivity (Wildman–Crippen MR) is 66.1 cm³/mol. The maximum atomic E-state index is 5.56. The van der Waals surface area contributed by atoms with Gasteiger partial charge in [-0.3, -0.25) is 0 Å². The Morgan fingerprint density at radius 2 is 2.06 bits per heavy atom. The van der Waals surface area contributed by atoms with Gasteiger partial charge in [-0.2, -0.15) is 0 Å². The number of hydrogen-bond donors (Lipinski definition) is 1. The number of hydrogen-bond acceptors (Lipinski definition) is 2. The molecular formula is C13H13NOS. The molecule has 0 radical (unpaired) electrons. The standard InChI is InChI=1S/C13H13NOS/c1-13(2)7-10-11(14-12(16)15-10)8-5-3-4-6-9(8)13/h3-6H,7H2,1-2H3,(H,14,16). The van der Waals surface area contributed by atoms with E-state index in [2.05, 4.69) is 37.0 Å². The van der Waals surface area contributed by atoms with E-state index in [0.717, 1.165) is 17.9 Å². The van der Waals surface area contributed by atoms with Crippen molar-refractivity contribution in [1.82, 2.24) is 4.98 Å². The Labute approximate surface area is 99.3 Å². The van der Waals surface area contributed by atoms with E-state index < -0.39 is 0 Å². The van der Waals surface area contributed by atoms with Gasteiger partial charge in [-0.1, -0.05) is 38.1 Å². The zero-order valence-corrected chi connectivity index (χ0v) is 10.1. The van der Waals surface area contributed by atoms with Gasteiger partial charge in [0.05, 0.1) is 5.69 Å². The fourth-order valence-electron chi connectivity index (χ4n) is 2.49. The van der Waals surface area contributed by atoms with Gasteiger partial charge in [0.25, 0.3) is 4.84 Å². The molecule has 0 amide bonds. The number of oxazole rings is 1. The molecule has 16 heavy (non-hydrogen) atoms. The minimum atomic E-state index is 0.108. The monoisotopic (exact) mass is 231 g/mol. The smallest absolute Gasteiger partial charge is 0.266 e. The summed E-state index contributed by atoms with van der Waals surface area (Å²) in [4.78, 5) is 3.61. The van der Waals surface area contributed by atoms with E-state index in [0.29, 0.717) is 4.84 Å². The summed E-state index contributed by atoms with van der Waals surface area (Å²) < 4.78 is 5.56. The van der Waals surface area contributed by atoms with Gasteiger partial charge in [-0.25, -0.2) is 0 Å². The summed E-state index contributed by atoms with van der Waals surface area (Å²) >= 11 is 5.06. The molecule has 1 aromatic heterocycles. The normalized spacial score (nSPS) is 16.6. The Bertz CT molecular complexity index is 606. The highest BCUT2D eigenvalue weighted by atomic mass is 32.1. The minimum Gasteiger partial charge on any atom is -0.434 e. The number of aromatic amines is 1. The van der Waals surface area contributed by atoms with Crippen molar-refractivity contribution in [3.8, 4) is 11.3 Å². The minimum absolute atomic E-state index is 0.108. The highest BCUT2D eigenvalue weighted by Gasteiger charge is 2.33. The van der Waals surface area contributed by atoms with Gasteiger partial charge >= 0.3 is 0 Å². The third-order valence-corrected chi connectivity index (χ3v) is 3.44. The third kappa shape index (κ3) is 1.28. The summed E-state index contributed by atoms with van der Waals surface area (Å²) in [6, 6.07) is 8.44. The maximum Gasteiger partial charge on any atom is 0.266 e. The van der Waals surface area contributed by atoms with Crippen LogP contribution in [-0.4, -0.2) is 4.98 Å². The SMILES string of the molecule is CC1(C)Cc2oc(=S)[nH]c2-c2ccccc21. The summed E-state index contributed by atoms with van der Waals surface area (Å²) in [5.41, 5.74) is 3.74. The molecule has 2 aromatic rings. The van der Waals surface area contributed by atoms with Crippen LogP contribution in [0, 0.1) is 4.84 Å². The molecule has 0 aliphatic heterocycles. The van der Waals surface area contributed by atoms with Crippen molar-refractivity contribution >= 4 is 12.2 Å². The average molecular weight is 231 g/mol. The second kappa shape index (κ2) is 3.08. The van der Waals surface area contributed by atoms with Gasteiger partial charge in [0.15, 0.2) is 0 Å². The number of rotatable bonds is 0. The second-order valence-corrected chi connectivity index (χ2v) is 5.29. The summed E-state index contributed by atoms with van der Waals surface area (Å²) in [5.74, 6) is 0.980. The lowest BCUT2D eigenvalue weighted by molar-refractivity contribution is 0.419. The lowest BCUT2D eigenvalue weighted by Gasteiger charge is -2.30. The van der Waals surface area contributed by atoms with Gasteiger partial charge < -0.3 is 9.40 Å². The lowest BCUT2D eigenvalue weighted by Crippen LogP contribution is -2.24. The molecule has 1 aliphatic rings. The predicted octanol–water partition coefficient (Wildman–Crippen LogP) is 3.84. The van der Waals surface area contributed by atoms with Crippen LogP contribution in [0.1, 0.15) is 25.2 Å². The van der Waals surface area contributed by atoms with E-state index in [1.54, 1.807) is 0 Å². The highest BCUT2D eigenvalue weighted by molar-refractivity contribution is 7.71. The quantitative estimate of drug-likeness (QED) is 0.698. The largest absolute Gasteiger partial charge is 0.434 e. The van der Waals surface area contributed by atoms with Gasteiger partial charge in [-0.05, 0) is 23.2 Å². The summed E-state index contributed by atoms with van der Waals surface area (Å²) in [6.45, 7) is 4.47. The van der Waals surface area contributed by atoms with Crippen molar-refractivity contribution in [2.45, 2.75) is 25.7 Å². The van der Waals surface area contributed by atoms with E-state index in [-0.39, 0.29) is 5.41 Å². The fraction of sp³-hybridized carbons (Fsp3) is 0.308. The number of nitrogens with one attached hydrogen (secondary N) is 1. The molecule has 0 saturated heterocycles. The number of fused-ring (bicyclic) bond motifs is 3. The van der Waals surface area contributed by atoms with Gasteiger partial charge in [0.1, 0.15) is 5.76 Å². The van der Waals surface area contributed by atoms with Crippen LogP contribution in [0.3, 0.4) is 0 Å². The van der Waals surface area contributed by atoms with Crippen molar-refractivity contribution in [2.75, 3.05) is 0 Å². The zero-order chi connectivity index (χ0) is 11.3. The summed E-state index contributed by atoms with van der Waals surface area (Å²) in [7, 11) is 0. The maximum absolute atomic E-state index is 5.56. The molecule has 0 bridgehead atoms. The second-order valence-electron chi connectivity index (χ2n) is 4.92. The van der Waals surface area contributed by atoms with Crippen LogP contribution in [-0.2, 0) is 11.8 Å². The first kappa shape index (κ1) is 9.85. The topological polar surface area (TPSA) is 28.9 Å². The molecular weight excluding hydrogens is 218 g/mol. The molecule has 82 valence electrons. The van der Waals surface area contributed by atoms with Crippen LogP contribution in [0.25, 0.3) is 11.3 Å². The van der Waals surface area contributed by atoms with Gasteiger partial charge in [0.2, 0.25) is 0 Å². The molecule has 1 aliphatic carbocycles. The Morgan fingerprint density at radius 1 is 1.31 bits per heavy atom. The molecule has 3 heteroatoms. The van der Waals surface area contributed by atoms with E-state index in [1.165, 1.54) is 11.1 Å². The lowest BCUT2D eigenvalue weighted by atomic mass is 9.73. The van der Waals surface area contributed by atoms with Crippen LogP contribution in [0.5, 0.6) is 0 Å². The third-order valence-electron chi connectivity index (χ3n) is 3.25. The molecule has 0 saturated carbocycles. The summed E-state index contributed by atoms with van der Waals surface area (Å²) in [6.07, 6.45) is 0.895. The highest BCUT2D eigenvalue weighted by Crippen LogP contribution is 2.42. The molecule has 0 fully saturated rings. The number of H-pyrrole nitrogens is 1. The molecule has 1 N–H and O–H groups in total. The van der Waals surface area contributed by atoms with Crippen molar-refractivity contribution in [3.63, 3.8) is 0 Å². The van der Waals surface area contributed by atoms with Crippen LogP contribution < -0.4 is 0 Å². The first-order valence-electron chi connectivity index (χ1n) is 5.40. The van der Waals surface area contributed by atoms with E-state index in [9.17, 15) is 0 Å². The van der Waals surface area contributed by atoms with Gasteiger partial charge in [0, 0.05) is 12.0 Å². The molecule has 1 heterocycles. The van der Waals surface area contributed by atoms with Crippen LogP contribution in [0.2, 0.25) is 0 Å². The number of aromatic nitrogens is 1. The zero-order valence-electron chi connectivity index (χ0n) is 9.33. The molecule has 0 unspecified atom stereocenters. The van der Waals surface area contributed by atoms with Crippen LogP contribution >= 0.6 is 12.2 Å². The number of benzene rings is 1. The van der Waals surface area contributed by atoms with E-state index >= 15 is 0 Å². The Kier molecular flexibility index (Phi) is 1.89. The van der Waals surface area contributed by atoms with E-state index in [4.69, 9.17) is 16.6 Å². The Hall–Kier alpha value is -1.35. The molecule has 0 atom stereocenters. The molecule has 2 nitrogen and oxygen atoms in total. The molecule has 1 aromatic carbocycles. The Morgan fingerprint density at radius 3 is 2.88 bits per heavy atom. The first-order valence-corrected chi connectivity index (χ1v) is 5.81. The van der Waals surface area contributed by atoms with Crippen molar-refractivity contribution in [1.29, 1.82) is 0 Å². The van der Waals surface area contributed by atoms with Crippen LogP contribution in [0.15, 0.2) is 28.7 Å². The van der Waals surface area contributed by atoms with Crippen molar-refractivity contribution in [3.05, 3.63) is 40.4 Å².